The van der Waals surface area contributed by atoms with Gasteiger partial charge in [-0.2, -0.15) is 0 Å². The molecule has 0 bridgehead atoms. The minimum atomic E-state index is -0.0189. The molecule has 2 aliphatic heterocycles. The minimum Gasteiger partial charge on any atom is -0.381 e. The maximum absolute atomic E-state index is 12.6. The zero-order valence-electron chi connectivity index (χ0n) is 20.3. The number of piperidine rings is 1. The summed E-state index contributed by atoms with van der Waals surface area (Å²) >= 11 is 0. The van der Waals surface area contributed by atoms with E-state index in [1.807, 2.05) is 36.5 Å². The van der Waals surface area contributed by atoms with Crippen LogP contribution in [0.1, 0.15) is 48.9 Å². The summed E-state index contributed by atoms with van der Waals surface area (Å²) in [5.41, 5.74) is 4.49. The van der Waals surface area contributed by atoms with Gasteiger partial charge in [-0.05, 0) is 76.0 Å². The van der Waals surface area contributed by atoms with Crippen molar-refractivity contribution in [2.75, 3.05) is 44.7 Å². The number of amides is 1. The molecule has 1 aromatic carbocycles. The fourth-order valence-electron chi connectivity index (χ4n) is 4.98. The van der Waals surface area contributed by atoms with Crippen molar-refractivity contribution in [1.82, 2.24) is 20.2 Å². The standard InChI is InChI=1S/C28H35N5O2/c34-28(30-12-4-16-33-14-2-1-3-15-33)22-7-5-21(6-8-22)26-19-27(31-23-10-17-35-18-11-23)24-20-29-13-9-25(24)32-26/h5-9,13,19-20,23H,1-4,10-12,14-18H2,(H,30,34)(H,31,32). The van der Waals surface area contributed by atoms with Gasteiger partial charge in [0.25, 0.3) is 5.91 Å². The third kappa shape index (κ3) is 6.16. The second-order valence-electron chi connectivity index (χ2n) is 9.57. The number of fused-ring (bicyclic) bond motifs is 1. The molecule has 2 aromatic heterocycles. The Balaban J connectivity index is 1.24. The number of carbonyl (C=O) groups excluding carboxylic acids is 1. The lowest BCUT2D eigenvalue weighted by atomic mass is 10.0. The number of ether oxygens (including phenoxy) is 1. The number of pyridine rings is 2. The quantitative estimate of drug-likeness (QED) is 0.469. The minimum absolute atomic E-state index is 0.0189. The predicted molar refractivity (Wildman–Crippen MR) is 140 cm³/mol. The van der Waals surface area contributed by atoms with Crippen molar-refractivity contribution in [3.63, 3.8) is 0 Å². The Morgan fingerprint density at radius 1 is 1.06 bits per heavy atom. The van der Waals surface area contributed by atoms with Crippen LogP contribution in [0.25, 0.3) is 22.2 Å². The summed E-state index contributed by atoms with van der Waals surface area (Å²) in [4.78, 5) is 24.3. The van der Waals surface area contributed by atoms with E-state index in [2.05, 4.69) is 26.6 Å². The molecular weight excluding hydrogens is 438 g/mol. The lowest BCUT2D eigenvalue weighted by molar-refractivity contribution is 0.0904. The molecule has 2 aliphatic rings. The van der Waals surface area contributed by atoms with Crippen molar-refractivity contribution >= 4 is 22.5 Å². The summed E-state index contributed by atoms with van der Waals surface area (Å²) in [5, 5.41) is 7.77. The number of nitrogens with zero attached hydrogens (tertiary/aromatic N) is 3. The number of anilines is 1. The van der Waals surface area contributed by atoms with Crippen LogP contribution in [0.2, 0.25) is 0 Å². The average Bonchev–Trinajstić information content (AvgIpc) is 2.92. The molecule has 1 amide bonds. The Kier molecular flexibility index (Phi) is 7.85. The largest absolute Gasteiger partial charge is 0.381 e. The first-order valence-electron chi connectivity index (χ1n) is 13.0. The van der Waals surface area contributed by atoms with E-state index in [1.54, 1.807) is 6.20 Å². The van der Waals surface area contributed by atoms with E-state index >= 15 is 0 Å². The molecule has 0 spiro atoms. The first-order valence-corrected chi connectivity index (χ1v) is 13.0. The van der Waals surface area contributed by atoms with E-state index in [4.69, 9.17) is 9.72 Å². The fourth-order valence-corrected chi connectivity index (χ4v) is 4.98. The van der Waals surface area contributed by atoms with Crippen molar-refractivity contribution < 1.29 is 9.53 Å². The van der Waals surface area contributed by atoms with Gasteiger partial charge in [0, 0.05) is 60.4 Å². The van der Waals surface area contributed by atoms with Crippen molar-refractivity contribution in [1.29, 1.82) is 0 Å². The van der Waals surface area contributed by atoms with Gasteiger partial charge in [-0.25, -0.2) is 4.98 Å². The number of hydrogen-bond donors (Lipinski definition) is 2. The van der Waals surface area contributed by atoms with Crippen molar-refractivity contribution in [3.8, 4) is 11.3 Å². The summed E-state index contributed by atoms with van der Waals surface area (Å²) in [6.07, 6.45) is 10.6. The van der Waals surface area contributed by atoms with Gasteiger partial charge in [-0.3, -0.25) is 9.78 Å². The van der Waals surface area contributed by atoms with Crippen LogP contribution in [0, 0.1) is 0 Å². The normalized spacial score (nSPS) is 17.4. The SMILES string of the molecule is O=C(NCCCN1CCCCC1)c1ccc(-c2cc(NC3CCOCC3)c3cnccc3n2)cc1. The smallest absolute Gasteiger partial charge is 0.251 e. The number of hydrogen-bond acceptors (Lipinski definition) is 6. The summed E-state index contributed by atoms with van der Waals surface area (Å²) in [5.74, 6) is -0.0189. The Morgan fingerprint density at radius 3 is 2.66 bits per heavy atom. The molecule has 7 nitrogen and oxygen atoms in total. The van der Waals surface area contributed by atoms with Crippen molar-refractivity contribution in [2.45, 2.75) is 44.6 Å². The Hall–Kier alpha value is -3.03. The Labute approximate surface area is 207 Å². The molecule has 0 aliphatic carbocycles. The molecule has 35 heavy (non-hydrogen) atoms. The first-order chi connectivity index (χ1) is 17.3. The molecule has 0 saturated carbocycles. The lowest BCUT2D eigenvalue weighted by Gasteiger charge is -2.26. The molecule has 0 radical (unpaired) electrons. The van der Waals surface area contributed by atoms with E-state index in [0.29, 0.717) is 18.2 Å². The highest BCUT2D eigenvalue weighted by Gasteiger charge is 2.16. The number of carbonyl (C=O) groups is 1. The van der Waals surface area contributed by atoms with E-state index in [-0.39, 0.29) is 5.91 Å². The highest BCUT2D eigenvalue weighted by atomic mass is 16.5. The Bertz CT molecular complexity index is 1120. The van der Waals surface area contributed by atoms with Crippen LogP contribution in [0.4, 0.5) is 5.69 Å². The van der Waals surface area contributed by atoms with Gasteiger partial charge in [0.1, 0.15) is 0 Å². The van der Waals surface area contributed by atoms with Gasteiger partial charge >= 0.3 is 0 Å². The van der Waals surface area contributed by atoms with Crippen molar-refractivity contribution in [3.05, 3.63) is 54.4 Å². The van der Waals surface area contributed by atoms with Crippen LogP contribution >= 0.6 is 0 Å². The monoisotopic (exact) mass is 473 g/mol. The molecule has 0 atom stereocenters. The maximum Gasteiger partial charge on any atom is 0.251 e. The topological polar surface area (TPSA) is 79.4 Å². The summed E-state index contributed by atoms with van der Waals surface area (Å²) < 4.78 is 5.51. The highest BCUT2D eigenvalue weighted by molar-refractivity contribution is 5.95. The van der Waals surface area contributed by atoms with Gasteiger partial charge in [0.15, 0.2) is 0 Å². The number of benzene rings is 1. The third-order valence-corrected chi connectivity index (χ3v) is 7.02. The summed E-state index contributed by atoms with van der Waals surface area (Å²) in [6.45, 7) is 5.73. The summed E-state index contributed by atoms with van der Waals surface area (Å²) in [7, 11) is 0. The van der Waals surface area contributed by atoms with Crippen LogP contribution in [0.15, 0.2) is 48.8 Å². The molecule has 5 rings (SSSR count). The van der Waals surface area contributed by atoms with Crippen LogP contribution in [-0.2, 0) is 4.74 Å². The van der Waals surface area contributed by atoms with E-state index in [0.717, 1.165) is 66.9 Å². The molecule has 2 saturated heterocycles. The van der Waals surface area contributed by atoms with E-state index in [9.17, 15) is 4.79 Å². The van der Waals surface area contributed by atoms with Crippen LogP contribution in [0.3, 0.4) is 0 Å². The number of aromatic nitrogens is 2. The zero-order chi connectivity index (χ0) is 23.9. The molecular formula is C28H35N5O2. The molecule has 2 N–H and O–H groups in total. The van der Waals surface area contributed by atoms with Crippen LogP contribution in [-0.4, -0.2) is 66.2 Å². The summed E-state index contributed by atoms with van der Waals surface area (Å²) in [6, 6.07) is 12.2. The van der Waals surface area contributed by atoms with Gasteiger partial charge in [-0.1, -0.05) is 18.6 Å². The van der Waals surface area contributed by atoms with Crippen LogP contribution in [0.5, 0.6) is 0 Å². The lowest BCUT2D eigenvalue weighted by Crippen LogP contribution is -2.33. The van der Waals surface area contributed by atoms with Crippen molar-refractivity contribution in [2.24, 2.45) is 0 Å². The van der Waals surface area contributed by atoms with Gasteiger partial charge in [0.2, 0.25) is 0 Å². The highest BCUT2D eigenvalue weighted by Crippen LogP contribution is 2.29. The molecule has 184 valence electrons. The van der Waals surface area contributed by atoms with Gasteiger partial charge in [-0.15, -0.1) is 0 Å². The number of likely N-dealkylation sites (tertiary alicyclic amines) is 1. The maximum atomic E-state index is 12.6. The van der Waals surface area contributed by atoms with Gasteiger partial charge in [0.05, 0.1) is 11.2 Å². The molecule has 0 unspecified atom stereocenters. The second kappa shape index (κ2) is 11.6. The fraction of sp³-hybridized carbons (Fsp3) is 0.464. The van der Waals surface area contributed by atoms with Crippen LogP contribution < -0.4 is 10.6 Å². The van der Waals surface area contributed by atoms with Gasteiger partial charge < -0.3 is 20.3 Å². The number of nitrogens with one attached hydrogen (secondary N) is 2. The first kappa shape index (κ1) is 23.7. The predicted octanol–water partition coefficient (Wildman–Crippen LogP) is 4.49. The average molecular weight is 474 g/mol. The van der Waals surface area contributed by atoms with E-state index < -0.39 is 0 Å². The second-order valence-corrected chi connectivity index (χ2v) is 9.57. The zero-order valence-corrected chi connectivity index (χ0v) is 20.3. The number of rotatable bonds is 8. The third-order valence-electron chi connectivity index (χ3n) is 7.02. The Morgan fingerprint density at radius 2 is 1.86 bits per heavy atom. The molecule has 4 heterocycles. The van der Waals surface area contributed by atoms with E-state index in [1.165, 1.54) is 32.4 Å². The molecule has 7 heteroatoms. The molecule has 2 fully saturated rings. The molecule has 3 aromatic rings.